The molecule has 1 saturated heterocycles. The van der Waals surface area contributed by atoms with Crippen molar-refractivity contribution in [3.05, 3.63) is 35.6 Å². The Hall–Kier alpha value is -2.24. The van der Waals surface area contributed by atoms with Crippen LogP contribution in [-0.4, -0.2) is 29.2 Å². The number of imide groups is 1. The molecule has 1 heterocycles. The average Bonchev–Trinajstić information content (AvgIpc) is 3.23. The van der Waals surface area contributed by atoms with E-state index in [0.717, 1.165) is 31.2 Å². The van der Waals surface area contributed by atoms with Crippen molar-refractivity contribution in [3.63, 3.8) is 0 Å². The topological polar surface area (TPSA) is 66.5 Å². The van der Waals surface area contributed by atoms with Crippen molar-refractivity contribution >= 4 is 17.7 Å². The lowest BCUT2D eigenvalue weighted by Crippen LogP contribution is -2.37. The smallest absolute Gasteiger partial charge is 0.229 e. The molecule has 1 aliphatic heterocycles. The molecule has 134 valence electrons. The number of carbonyl (C=O) groups excluding carboxylic acids is 3. The van der Waals surface area contributed by atoms with Crippen molar-refractivity contribution in [2.45, 2.75) is 51.0 Å². The monoisotopic (exact) mass is 346 g/mol. The van der Waals surface area contributed by atoms with E-state index < -0.39 is 0 Å². The summed E-state index contributed by atoms with van der Waals surface area (Å²) in [6.45, 7) is 0.129. The predicted molar refractivity (Wildman–Crippen MR) is 89.8 cm³/mol. The first-order valence-electron chi connectivity index (χ1n) is 8.92. The Labute approximate surface area is 146 Å². The van der Waals surface area contributed by atoms with Crippen LogP contribution in [0.5, 0.6) is 0 Å². The fourth-order valence-corrected chi connectivity index (χ4v) is 3.77. The molecule has 25 heavy (non-hydrogen) atoms. The third-order valence-corrected chi connectivity index (χ3v) is 5.13. The van der Waals surface area contributed by atoms with Crippen molar-refractivity contribution in [3.8, 4) is 0 Å². The molecule has 6 heteroatoms. The molecule has 3 amide bonds. The van der Waals surface area contributed by atoms with Crippen LogP contribution in [0, 0.1) is 11.7 Å². The van der Waals surface area contributed by atoms with Gasteiger partial charge in [-0.25, -0.2) is 4.39 Å². The lowest BCUT2D eigenvalue weighted by atomic mass is 9.91. The summed E-state index contributed by atoms with van der Waals surface area (Å²) in [6, 6.07) is 6.09. The summed E-state index contributed by atoms with van der Waals surface area (Å²) in [5, 5.41) is 3.04. The van der Waals surface area contributed by atoms with Crippen LogP contribution in [-0.2, 0) is 14.4 Å². The molecule has 0 radical (unpaired) electrons. The molecule has 0 aromatic heterocycles. The maximum Gasteiger partial charge on any atom is 0.229 e. The molecular formula is C19H23FN2O3. The van der Waals surface area contributed by atoms with Crippen LogP contribution >= 0.6 is 0 Å². The fraction of sp³-hybridized carbons (Fsp3) is 0.526. The number of halogens is 1. The van der Waals surface area contributed by atoms with Gasteiger partial charge in [0.05, 0.1) is 6.04 Å². The fourth-order valence-electron chi connectivity index (χ4n) is 3.77. The van der Waals surface area contributed by atoms with E-state index in [-0.39, 0.29) is 55.4 Å². The van der Waals surface area contributed by atoms with Gasteiger partial charge in [0.15, 0.2) is 0 Å². The number of benzene rings is 1. The van der Waals surface area contributed by atoms with E-state index in [1.54, 1.807) is 12.1 Å². The number of hydrogen-bond acceptors (Lipinski definition) is 3. The Bertz CT molecular complexity index is 637. The quantitative estimate of drug-likeness (QED) is 0.806. The molecule has 2 fully saturated rings. The minimum Gasteiger partial charge on any atom is -0.349 e. The van der Waals surface area contributed by atoms with Gasteiger partial charge in [-0.2, -0.15) is 0 Å². The SMILES string of the molecule is O=C(CCN1C(=O)CCC1=O)N[C@H](c1ccc(F)cc1)C1CCCC1. The maximum absolute atomic E-state index is 13.2. The van der Waals surface area contributed by atoms with Gasteiger partial charge in [0.1, 0.15) is 5.82 Å². The summed E-state index contributed by atoms with van der Waals surface area (Å²) in [5.74, 6) is -0.558. The first-order valence-corrected chi connectivity index (χ1v) is 8.92. The molecular weight excluding hydrogens is 323 g/mol. The van der Waals surface area contributed by atoms with Gasteiger partial charge < -0.3 is 5.32 Å². The summed E-state index contributed by atoms with van der Waals surface area (Å²) in [5.41, 5.74) is 0.898. The van der Waals surface area contributed by atoms with E-state index >= 15 is 0 Å². The highest BCUT2D eigenvalue weighted by atomic mass is 19.1. The van der Waals surface area contributed by atoms with Gasteiger partial charge in [0.2, 0.25) is 17.7 Å². The third kappa shape index (κ3) is 4.24. The highest BCUT2D eigenvalue weighted by Gasteiger charge is 2.30. The number of hydrogen-bond donors (Lipinski definition) is 1. The molecule has 1 N–H and O–H groups in total. The number of nitrogens with one attached hydrogen (secondary N) is 1. The minimum atomic E-state index is -0.300. The first kappa shape index (κ1) is 17.6. The van der Waals surface area contributed by atoms with Gasteiger partial charge in [-0.3, -0.25) is 19.3 Å². The highest BCUT2D eigenvalue weighted by molar-refractivity contribution is 6.02. The van der Waals surface area contributed by atoms with Crippen molar-refractivity contribution in [1.29, 1.82) is 0 Å². The Kier molecular flexibility index (Phi) is 5.46. The van der Waals surface area contributed by atoms with Crippen molar-refractivity contribution in [1.82, 2.24) is 10.2 Å². The molecule has 1 aliphatic carbocycles. The number of likely N-dealkylation sites (tertiary alicyclic amines) is 1. The molecule has 1 aromatic carbocycles. The number of amides is 3. The van der Waals surface area contributed by atoms with Crippen LogP contribution in [0.2, 0.25) is 0 Å². The van der Waals surface area contributed by atoms with E-state index in [1.807, 2.05) is 0 Å². The van der Waals surface area contributed by atoms with Crippen LogP contribution in [0.4, 0.5) is 4.39 Å². The predicted octanol–water partition coefficient (Wildman–Crippen LogP) is 2.71. The summed E-state index contributed by atoms with van der Waals surface area (Å²) in [6.07, 6.45) is 4.91. The highest BCUT2D eigenvalue weighted by Crippen LogP contribution is 2.35. The molecule has 2 aliphatic rings. The van der Waals surface area contributed by atoms with Crippen LogP contribution < -0.4 is 5.32 Å². The number of rotatable bonds is 6. The molecule has 5 nitrogen and oxygen atoms in total. The van der Waals surface area contributed by atoms with E-state index in [9.17, 15) is 18.8 Å². The van der Waals surface area contributed by atoms with Gasteiger partial charge in [-0.15, -0.1) is 0 Å². The van der Waals surface area contributed by atoms with E-state index in [2.05, 4.69) is 5.32 Å². The van der Waals surface area contributed by atoms with Crippen molar-refractivity contribution in [2.24, 2.45) is 5.92 Å². The zero-order chi connectivity index (χ0) is 17.8. The largest absolute Gasteiger partial charge is 0.349 e. The second-order valence-corrected chi connectivity index (χ2v) is 6.83. The first-order chi connectivity index (χ1) is 12.0. The Morgan fingerprint density at radius 1 is 1.12 bits per heavy atom. The summed E-state index contributed by atoms with van der Waals surface area (Å²) in [4.78, 5) is 36.8. The van der Waals surface area contributed by atoms with Gasteiger partial charge in [-0.1, -0.05) is 25.0 Å². The van der Waals surface area contributed by atoms with Crippen molar-refractivity contribution in [2.75, 3.05) is 6.54 Å². The second kappa shape index (κ2) is 7.76. The Morgan fingerprint density at radius 3 is 2.32 bits per heavy atom. The van der Waals surface area contributed by atoms with Crippen molar-refractivity contribution < 1.29 is 18.8 Å². The van der Waals surface area contributed by atoms with Crippen LogP contribution in [0.3, 0.4) is 0 Å². The second-order valence-electron chi connectivity index (χ2n) is 6.83. The standard InChI is InChI=1S/C19H23FN2O3/c20-15-7-5-14(6-8-15)19(13-3-1-2-4-13)21-16(23)11-12-22-17(24)9-10-18(22)25/h5-8,13,19H,1-4,9-12H2,(H,21,23)/t19-/m0/s1. The lowest BCUT2D eigenvalue weighted by Gasteiger charge is -2.26. The number of nitrogens with zero attached hydrogens (tertiary/aromatic N) is 1. The van der Waals surface area contributed by atoms with Gasteiger partial charge in [-0.05, 0) is 36.5 Å². The van der Waals surface area contributed by atoms with E-state index in [1.165, 1.54) is 17.0 Å². The Morgan fingerprint density at radius 2 is 1.72 bits per heavy atom. The number of carbonyl (C=O) groups is 3. The van der Waals surface area contributed by atoms with Gasteiger partial charge in [0, 0.05) is 25.8 Å². The lowest BCUT2D eigenvalue weighted by molar-refractivity contribution is -0.138. The third-order valence-electron chi connectivity index (χ3n) is 5.13. The van der Waals surface area contributed by atoms with Gasteiger partial charge in [0.25, 0.3) is 0 Å². The van der Waals surface area contributed by atoms with Crippen LogP contribution in [0.15, 0.2) is 24.3 Å². The average molecular weight is 346 g/mol. The normalized spacial score (nSPS) is 19.5. The van der Waals surface area contributed by atoms with Crippen LogP contribution in [0.1, 0.15) is 56.6 Å². The molecule has 0 bridgehead atoms. The molecule has 3 rings (SSSR count). The molecule has 1 aromatic rings. The van der Waals surface area contributed by atoms with E-state index in [4.69, 9.17) is 0 Å². The molecule has 0 spiro atoms. The zero-order valence-corrected chi connectivity index (χ0v) is 14.2. The molecule has 0 unspecified atom stereocenters. The summed E-state index contributed by atoms with van der Waals surface area (Å²) >= 11 is 0. The Balaban J connectivity index is 1.63. The van der Waals surface area contributed by atoms with E-state index in [0.29, 0.717) is 5.92 Å². The molecule has 1 atom stereocenters. The maximum atomic E-state index is 13.2. The zero-order valence-electron chi connectivity index (χ0n) is 14.2. The molecule has 1 saturated carbocycles. The minimum absolute atomic E-state index is 0.0991. The summed E-state index contributed by atoms with van der Waals surface area (Å²) < 4.78 is 13.2. The summed E-state index contributed by atoms with van der Waals surface area (Å²) in [7, 11) is 0. The van der Waals surface area contributed by atoms with Gasteiger partial charge >= 0.3 is 0 Å². The van der Waals surface area contributed by atoms with Crippen LogP contribution in [0.25, 0.3) is 0 Å².